The molecule has 4 aromatic rings. The molecule has 3 heterocycles. The normalized spacial score (nSPS) is 12.5. The van der Waals surface area contributed by atoms with Crippen LogP contribution in [0.3, 0.4) is 0 Å². The zero-order valence-electron chi connectivity index (χ0n) is 17.9. The van der Waals surface area contributed by atoms with Gasteiger partial charge in [-0.3, -0.25) is 4.57 Å². The molecule has 0 saturated carbocycles. The molecule has 3 N–H and O–H groups in total. The second kappa shape index (κ2) is 8.53. The monoisotopic (exact) mass is 411 g/mol. The first-order chi connectivity index (χ1) is 15.1. The van der Waals surface area contributed by atoms with Gasteiger partial charge in [0.15, 0.2) is 11.5 Å². The number of aliphatic hydroxyl groups is 1. The number of imidazole rings is 1. The van der Waals surface area contributed by atoms with E-state index in [1.807, 2.05) is 66.9 Å². The van der Waals surface area contributed by atoms with Crippen LogP contribution in [0, 0.1) is 0 Å². The van der Waals surface area contributed by atoms with Gasteiger partial charge in [-0.05, 0) is 73.9 Å². The Kier molecular flexibility index (Phi) is 5.64. The van der Waals surface area contributed by atoms with E-state index in [1.54, 1.807) is 6.20 Å². The van der Waals surface area contributed by atoms with E-state index in [-0.39, 0.29) is 6.61 Å². The third-order valence-electron chi connectivity index (χ3n) is 5.38. The Bertz CT molecular complexity index is 1300. The number of aliphatic hydroxyl groups excluding tert-OH is 1. The molecule has 6 nitrogen and oxygen atoms in total. The Morgan fingerprint density at radius 1 is 1.03 bits per heavy atom. The highest BCUT2D eigenvalue weighted by atomic mass is 16.3. The summed E-state index contributed by atoms with van der Waals surface area (Å²) >= 11 is 0. The van der Waals surface area contributed by atoms with Crippen molar-refractivity contribution in [1.82, 2.24) is 19.5 Å². The van der Waals surface area contributed by atoms with Crippen molar-refractivity contribution in [3.8, 4) is 17.1 Å². The van der Waals surface area contributed by atoms with Gasteiger partial charge < -0.3 is 10.8 Å². The number of hydrogen-bond donors (Lipinski definition) is 2. The molecule has 0 aliphatic carbocycles. The summed E-state index contributed by atoms with van der Waals surface area (Å²) in [7, 11) is 0. The summed E-state index contributed by atoms with van der Waals surface area (Å²) in [5, 5.41) is 9.43. The van der Waals surface area contributed by atoms with E-state index in [4.69, 9.17) is 15.7 Å². The van der Waals surface area contributed by atoms with Crippen LogP contribution in [0.2, 0.25) is 0 Å². The smallest absolute Gasteiger partial charge is 0.165 e. The molecular formula is C25H25N5O. The predicted molar refractivity (Wildman–Crippen MR) is 126 cm³/mol. The molecule has 0 unspecified atom stereocenters. The van der Waals surface area contributed by atoms with E-state index in [0.717, 1.165) is 44.8 Å². The van der Waals surface area contributed by atoms with Crippen LogP contribution in [0.4, 0.5) is 5.82 Å². The minimum Gasteiger partial charge on any atom is -0.392 e. The highest BCUT2D eigenvalue weighted by molar-refractivity contribution is 5.85. The molecule has 0 aliphatic rings. The number of anilines is 1. The first-order valence-electron chi connectivity index (χ1n) is 10.2. The highest BCUT2D eigenvalue weighted by Gasteiger charge is 2.19. The second-order valence-electron chi connectivity index (χ2n) is 7.24. The third kappa shape index (κ3) is 3.73. The first kappa shape index (κ1) is 20.5. The summed E-state index contributed by atoms with van der Waals surface area (Å²) in [6.45, 7) is 6.10. The molecule has 6 heteroatoms. The van der Waals surface area contributed by atoms with Crippen molar-refractivity contribution in [2.75, 3.05) is 5.73 Å². The van der Waals surface area contributed by atoms with Gasteiger partial charge >= 0.3 is 0 Å². The van der Waals surface area contributed by atoms with Crippen molar-refractivity contribution in [2.45, 2.75) is 27.4 Å². The lowest BCUT2D eigenvalue weighted by Crippen LogP contribution is -2.03. The van der Waals surface area contributed by atoms with Crippen molar-refractivity contribution < 1.29 is 5.11 Å². The van der Waals surface area contributed by atoms with Gasteiger partial charge in [0.2, 0.25) is 0 Å². The minimum atomic E-state index is -0.0109. The number of aromatic nitrogens is 4. The number of fused-ring (bicyclic) bond motifs is 1. The maximum absolute atomic E-state index is 9.43. The fourth-order valence-electron chi connectivity index (χ4n) is 3.62. The average molecular weight is 412 g/mol. The van der Waals surface area contributed by atoms with E-state index in [9.17, 15) is 5.11 Å². The lowest BCUT2D eigenvalue weighted by molar-refractivity contribution is 0.282. The molecule has 1 aromatic carbocycles. The number of allylic oxidation sites excluding steroid dienone is 4. The minimum absolute atomic E-state index is 0.0109. The summed E-state index contributed by atoms with van der Waals surface area (Å²) in [5.74, 6) is 1.08. The van der Waals surface area contributed by atoms with Crippen LogP contribution in [0.15, 0.2) is 72.5 Å². The number of nitrogen functional groups attached to an aromatic ring is 1. The molecule has 0 aliphatic heterocycles. The zero-order valence-corrected chi connectivity index (χ0v) is 17.9. The van der Waals surface area contributed by atoms with Gasteiger partial charge in [0, 0.05) is 11.9 Å². The molecule has 0 fully saturated rings. The Balaban J connectivity index is 2.02. The number of nitrogens with two attached hydrogens (primary N) is 1. The van der Waals surface area contributed by atoms with Gasteiger partial charge in [0.1, 0.15) is 11.3 Å². The molecule has 31 heavy (non-hydrogen) atoms. The van der Waals surface area contributed by atoms with E-state index in [2.05, 4.69) is 24.1 Å². The van der Waals surface area contributed by atoms with Crippen molar-refractivity contribution >= 4 is 22.6 Å². The van der Waals surface area contributed by atoms with Gasteiger partial charge in [-0.1, -0.05) is 24.3 Å². The zero-order chi connectivity index (χ0) is 22.0. The van der Waals surface area contributed by atoms with Crippen LogP contribution >= 0.6 is 0 Å². The van der Waals surface area contributed by atoms with Gasteiger partial charge in [-0.15, -0.1) is 0 Å². The lowest BCUT2D eigenvalue weighted by atomic mass is 10.0. The standard InChI is InChI=1S/C25H25N5O/c1-4-16(3)19(5-2)21-12-13-22-25(28-21)30(18-10-8-17(15-31)9-11-18)24(29-22)20-7-6-14-27-23(20)26/h4-14,31H,15H2,1-3H3,(H2,26,27)/b16-4-,19-5+. The number of benzene rings is 1. The van der Waals surface area contributed by atoms with Crippen molar-refractivity contribution in [2.24, 2.45) is 0 Å². The van der Waals surface area contributed by atoms with Gasteiger partial charge in [-0.2, -0.15) is 0 Å². The molecular weight excluding hydrogens is 386 g/mol. The Hall–Kier alpha value is -3.77. The Morgan fingerprint density at radius 2 is 1.81 bits per heavy atom. The fourth-order valence-corrected chi connectivity index (χ4v) is 3.62. The first-order valence-corrected chi connectivity index (χ1v) is 10.2. The van der Waals surface area contributed by atoms with Crippen LogP contribution in [0.25, 0.3) is 33.8 Å². The molecule has 0 spiro atoms. The summed E-state index contributed by atoms with van der Waals surface area (Å²) in [5.41, 5.74) is 13.3. The predicted octanol–water partition coefficient (Wildman–Crippen LogP) is 4.93. The maximum Gasteiger partial charge on any atom is 0.165 e. The maximum atomic E-state index is 9.43. The number of nitrogens with zero attached hydrogens (tertiary/aromatic N) is 4. The number of rotatable bonds is 5. The third-order valence-corrected chi connectivity index (χ3v) is 5.38. The fraction of sp³-hybridized carbons (Fsp3) is 0.160. The summed E-state index contributed by atoms with van der Waals surface area (Å²) in [6.07, 6.45) is 5.81. The molecule has 0 saturated heterocycles. The Morgan fingerprint density at radius 3 is 2.45 bits per heavy atom. The summed E-state index contributed by atoms with van der Waals surface area (Å²) in [4.78, 5) is 14.1. The van der Waals surface area contributed by atoms with Crippen LogP contribution in [-0.2, 0) is 6.61 Å². The number of pyridine rings is 2. The van der Waals surface area contributed by atoms with E-state index in [0.29, 0.717) is 11.6 Å². The molecule has 0 atom stereocenters. The van der Waals surface area contributed by atoms with Crippen LogP contribution < -0.4 is 5.73 Å². The van der Waals surface area contributed by atoms with E-state index >= 15 is 0 Å². The summed E-state index contributed by atoms with van der Waals surface area (Å²) in [6, 6.07) is 15.4. The van der Waals surface area contributed by atoms with Crippen LogP contribution in [0.5, 0.6) is 0 Å². The van der Waals surface area contributed by atoms with Crippen molar-refractivity contribution in [1.29, 1.82) is 0 Å². The second-order valence-corrected chi connectivity index (χ2v) is 7.24. The molecule has 0 bridgehead atoms. The molecule has 0 amide bonds. The quantitative estimate of drug-likeness (QED) is 0.455. The molecule has 0 radical (unpaired) electrons. The van der Waals surface area contributed by atoms with Gasteiger partial charge in [0.05, 0.1) is 17.9 Å². The largest absolute Gasteiger partial charge is 0.392 e. The van der Waals surface area contributed by atoms with Gasteiger partial charge in [0.25, 0.3) is 0 Å². The molecule has 4 rings (SSSR count). The Labute approximate surface area is 181 Å². The van der Waals surface area contributed by atoms with E-state index in [1.165, 1.54) is 0 Å². The average Bonchev–Trinajstić information content (AvgIpc) is 3.18. The topological polar surface area (TPSA) is 89.8 Å². The van der Waals surface area contributed by atoms with Crippen molar-refractivity contribution in [3.63, 3.8) is 0 Å². The van der Waals surface area contributed by atoms with Crippen LogP contribution in [0.1, 0.15) is 32.0 Å². The SMILES string of the molecule is C/C=C(C)\C(=C/C)c1ccc2nc(-c3cccnc3N)n(-c3ccc(CO)cc3)c2n1. The molecule has 156 valence electrons. The van der Waals surface area contributed by atoms with Gasteiger partial charge in [-0.25, -0.2) is 15.0 Å². The highest BCUT2D eigenvalue weighted by Crippen LogP contribution is 2.32. The van der Waals surface area contributed by atoms with Crippen molar-refractivity contribution in [3.05, 3.63) is 83.7 Å². The number of hydrogen-bond acceptors (Lipinski definition) is 5. The molecule has 3 aromatic heterocycles. The van der Waals surface area contributed by atoms with Crippen LogP contribution in [-0.4, -0.2) is 24.6 Å². The lowest BCUT2D eigenvalue weighted by Gasteiger charge is -2.12. The van der Waals surface area contributed by atoms with E-state index < -0.39 is 0 Å². The summed E-state index contributed by atoms with van der Waals surface area (Å²) < 4.78 is 1.99.